The standard InChI is InChI=1S/C25H35N5O4S/c1-5-16(2)25(3,24(31)30-35(32,33)19-10-11-19)29-23(34-4)21-14-18(15-27-21)28-22-20-9-7-6-8-17(20)12-13-26-22/h5-9,12-13,16,18-19,21,23,27,29H,1,10-11,14-15H2,2-4H3,(H,26,28)(H,30,31)/t16?,18-,21+,23?,25-/m1/s1. The van der Waals surface area contributed by atoms with Gasteiger partial charge in [0, 0.05) is 43.2 Å². The fraction of sp³-hybridized carbons (Fsp3) is 0.520. The summed E-state index contributed by atoms with van der Waals surface area (Å²) in [6.07, 6.45) is 4.77. The van der Waals surface area contributed by atoms with E-state index >= 15 is 0 Å². The van der Waals surface area contributed by atoms with Crippen LogP contribution in [0.4, 0.5) is 5.82 Å². The molecular weight excluding hydrogens is 466 g/mol. The Labute approximate surface area is 207 Å². The van der Waals surface area contributed by atoms with E-state index in [0.29, 0.717) is 19.4 Å². The molecule has 0 radical (unpaired) electrons. The Bertz CT molecular complexity index is 1180. The lowest BCUT2D eigenvalue weighted by atomic mass is 9.85. The zero-order valence-corrected chi connectivity index (χ0v) is 21.3. The summed E-state index contributed by atoms with van der Waals surface area (Å²) >= 11 is 0. The Kier molecular flexibility index (Phi) is 7.46. The van der Waals surface area contributed by atoms with Crippen molar-refractivity contribution in [3.05, 3.63) is 49.2 Å². The number of rotatable bonds is 11. The van der Waals surface area contributed by atoms with Gasteiger partial charge in [0.25, 0.3) is 5.91 Å². The molecule has 0 bridgehead atoms. The average Bonchev–Trinajstić information content (AvgIpc) is 3.62. The summed E-state index contributed by atoms with van der Waals surface area (Å²) in [5, 5.41) is 12.0. The van der Waals surface area contributed by atoms with Crippen molar-refractivity contribution >= 4 is 32.5 Å². The highest BCUT2D eigenvalue weighted by atomic mass is 32.2. The molecule has 1 aromatic heterocycles. The number of hydrogen-bond acceptors (Lipinski definition) is 8. The molecule has 190 valence electrons. The second kappa shape index (κ2) is 10.2. The average molecular weight is 502 g/mol. The number of benzene rings is 1. The normalized spacial score (nSPS) is 23.9. The molecule has 10 heteroatoms. The van der Waals surface area contributed by atoms with Gasteiger partial charge in [0.2, 0.25) is 10.0 Å². The first-order chi connectivity index (χ1) is 16.7. The summed E-state index contributed by atoms with van der Waals surface area (Å²) in [7, 11) is -2.11. The van der Waals surface area contributed by atoms with Gasteiger partial charge >= 0.3 is 0 Å². The number of methoxy groups -OCH3 is 1. The van der Waals surface area contributed by atoms with Crippen molar-refractivity contribution in [1.29, 1.82) is 0 Å². The summed E-state index contributed by atoms with van der Waals surface area (Å²) in [4.78, 5) is 17.7. The highest BCUT2D eigenvalue weighted by Gasteiger charge is 2.46. The predicted octanol–water partition coefficient (Wildman–Crippen LogP) is 2.13. The summed E-state index contributed by atoms with van der Waals surface area (Å²) in [6.45, 7) is 8.03. The van der Waals surface area contributed by atoms with Crippen LogP contribution in [0.15, 0.2) is 49.2 Å². The Morgan fingerprint density at radius 2 is 2.06 bits per heavy atom. The van der Waals surface area contributed by atoms with Gasteiger partial charge in [-0.05, 0) is 37.6 Å². The lowest BCUT2D eigenvalue weighted by molar-refractivity contribution is -0.129. The Morgan fingerprint density at radius 3 is 2.74 bits per heavy atom. The third kappa shape index (κ3) is 5.50. The number of aromatic nitrogens is 1. The molecule has 2 heterocycles. The van der Waals surface area contributed by atoms with Crippen LogP contribution >= 0.6 is 0 Å². The number of ether oxygens (including phenoxy) is 1. The number of fused-ring (bicyclic) bond motifs is 1. The maximum Gasteiger partial charge on any atom is 0.254 e. The molecule has 1 aliphatic carbocycles. The first-order valence-corrected chi connectivity index (χ1v) is 13.6. The van der Waals surface area contributed by atoms with E-state index < -0.39 is 32.9 Å². The molecule has 2 aromatic rings. The number of hydrogen-bond donors (Lipinski definition) is 4. The molecule has 5 atom stereocenters. The highest BCUT2D eigenvalue weighted by molar-refractivity contribution is 7.90. The van der Waals surface area contributed by atoms with Crippen LogP contribution in [0.5, 0.6) is 0 Å². The summed E-state index contributed by atoms with van der Waals surface area (Å²) in [6, 6.07) is 10.1. The van der Waals surface area contributed by atoms with E-state index in [1.54, 1.807) is 26.3 Å². The summed E-state index contributed by atoms with van der Waals surface area (Å²) < 4.78 is 32.9. The smallest absolute Gasteiger partial charge is 0.254 e. The molecule has 1 aliphatic heterocycles. The number of carbonyl (C=O) groups is 1. The van der Waals surface area contributed by atoms with Crippen molar-refractivity contribution in [3.63, 3.8) is 0 Å². The van der Waals surface area contributed by atoms with E-state index in [-0.39, 0.29) is 18.0 Å². The zero-order valence-electron chi connectivity index (χ0n) is 20.5. The lowest BCUT2D eigenvalue weighted by Crippen LogP contribution is -2.65. The molecule has 1 saturated heterocycles. The lowest BCUT2D eigenvalue weighted by Gasteiger charge is -2.38. The molecule has 2 fully saturated rings. The molecule has 0 spiro atoms. The summed E-state index contributed by atoms with van der Waals surface area (Å²) in [5.41, 5.74) is -1.24. The van der Waals surface area contributed by atoms with Crippen molar-refractivity contribution in [2.45, 2.75) is 62.2 Å². The SMILES string of the molecule is C=CC(C)[C@@](C)(NC(OC)[C@@H]1C[C@@H](Nc2nccc3ccccc23)CN1)C(=O)NS(=O)(=O)C1CC1. The van der Waals surface area contributed by atoms with Gasteiger partial charge in [-0.2, -0.15) is 0 Å². The topological polar surface area (TPSA) is 121 Å². The number of pyridine rings is 1. The van der Waals surface area contributed by atoms with Crippen LogP contribution in [0.1, 0.15) is 33.1 Å². The van der Waals surface area contributed by atoms with E-state index in [1.807, 2.05) is 31.2 Å². The molecule has 1 saturated carbocycles. The van der Waals surface area contributed by atoms with Crippen LogP contribution in [0.2, 0.25) is 0 Å². The number of carbonyl (C=O) groups excluding carboxylic acids is 1. The van der Waals surface area contributed by atoms with E-state index in [0.717, 1.165) is 23.0 Å². The molecular formula is C25H35N5O4S. The van der Waals surface area contributed by atoms with Gasteiger partial charge in [-0.15, -0.1) is 6.58 Å². The molecule has 4 rings (SSSR count). The molecule has 2 aliphatic rings. The second-order valence-corrected chi connectivity index (χ2v) is 11.6. The highest BCUT2D eigenvalue weighted by Crippen LogP contribution is 2.29. The van der Waals surface area contributed by atoms with Crippen molar-refractivity contribution in [1.82, 2.24) is 20.3 Å². The van der Waals surface area contributed by atoms with E-state index in [1.165, 1.54) is 0 Å². The second-order valence-electron chi connectivity index (χ2n) is 9.68. The largest absolute Gasteiger partial charge is 0.365 e. The Balaban J connectivity index is 1.46. The van der Waals surface area contributed by atoms with Gasteiger partial charge < -0.3 is 15.4 Å². The minimum Gasteiger partial charge on any atom is -0.365 e. The third-order valence-electron chi connectivity index (χ3n) is 7.17. The first-order valence-electron chi connectivity index (χ1n) is 12.0. The van der Waals surface area contributed by atoms with Crippen LogP contribution in [0, 0.1) is 5.92 Å². The van der Waals surface area contributed by atoms with Crippen LogP contribution in [0.3, 0.4) is 0 Å². The maximum absolute atomic E-state index is 13.2. The van der Waals surface area contributed by atoms with Gasteiger partial charge in [-0.3, -0.25) is 14.8 Å². The fourth-order valence-corrected chi connectivity index (χ4v) is 5.88. The molecule has 1 aromatic carbocycles. The number of nitrogens with zero attached hydrogens (tertiary/aromatic N) is 1. The van der Waals surface area contributed by atoms with Gasteiger partial charge in [0.1, 0.15) is 17.6 Å². The van der Waals surface area contributed by atoms with Gasteiger partial charge in [-0.1, -0.05) is 37.3 Å². The number of anilines is 1. The molecule has 4 N–H and O–H groups in total. The minimum absolute atomic E-state index is 0.102. The third-order valence-corrected chi connectivity index (χ3v) is 8.99. The monoisotopic (exact) mass is 501 g/mol. The Morgan fingerprint density at radius 1 is 1.31 bits per heavy atom. The predicted molar refractivity (Wildman–Crippen MR) is 137 cm³/mol. The molecule has 9 nitrogen and oxygen atoms in total. The first kappa shape index (κ1) is 25.6. The molecule has 2 unspecified atom stereocenters. The Hall–Kier alpha value is -2.53. The maximum atomic E-state index is 13.2. The van der Waals surface area contributed by atoms with E-state index in [2.05, 4.69) is 38.3 Å². The summed E-state index contributed by atoms with van der Waals surface area (Å²) in [5.74, 6) is -0.136. The van der Waals surface area contributed by atoms with Crippen LogP contribution in [-0.2, 0) is 19.6 Å². The van der Waals surface area contributed by atoms with Crippen molar-refractivity contribution in [3.8, 4) is 0 Å². The molecule has 35 heavy (non-hydrogen) atoms. The molecule has 1 amide bonds. The quantitative estimate of drug-likeness (QED) is 0.273. The van der Waals surface area contributed by atoms with Crippen molar-refractivity contribution in [2.75, 3.05) is 19.0 Å². The fourth-order valence-electron chi connectivity index (χ4n) is 4.49. The number of sulfonamides is 1. The van der Waals surface area contributed by atoms with Gasteiger partial charge in [0.05, 0.1) is 5.25 Å². The van der Waals surface area contributed by atoms with Crippen molar-refractivity contribution in [2.24, 2.45) is 5.92 Å². The van der Waals surface area contributed by atoms with Crippen LogP contribution in [-0.4, -0.2) is 62.1 Å². The van der Waals surface area contributed by atoms with Crippen LogP contribution < -0.4 is 20.7 Å². The van der Waals surface area contributed by atoms with Crippen LogP contribution in [0.25, 0.3) is 10.8 Å². The van der Waals surface area contributed by atoms with Gasteiger partial charge in [0.15, 0.2) is 0 Å². The van der Waals surface area contributed by atoms with E-state index in [4.69, 9.17) is 4.74 Å². The minimum atomic E-state index is -3.68. The van der Waals surface area contributed by atoms with Gasteiger partial charge in [-0.25, -0.2) is 13.4 Å². The zero-order chi connectivity index (χ0) is 25.2. The van der Waals surface area contributed by atoms with Crippen molar-refractivity contribution < 1.29 is 17.9 Å². The van der Waals surface area contributed by atoms with E-state index in [9.17, 15) is 13.2 Å². The number of nitrogens with one attached hydrogen (secondary N) is 4. The number of amides is 1.